The van der Waals surface area contributed by atoms with Crippen molar-refractivity contribution in [3.63, 3.8) is 0 Å². The Bertz CT molecular complexity index is 717. The number of piperazine rings is 1. The maximum Gasteiger partial charge on any atom is 0.240 e. The molecule has 1 aliphatic heterocycles. The Labute approximate surface area is 136 Å². The number of nitrogens with zero attached hydrogens (tertiary/aromatic N) is 3. The van der Waals surface area contributed by atoms with Crippen LogP contribution >= 0.6 is 0 Å². The zero-order valence-corrected chi connectivity index (χ0v) is 13.6. The number of fused-ring (bicyclic) bond motifs is 1. The summed E-state index contributed by atoms with van der Waals surface area (Å²) in [5, 5.41) is 4.19. The van der Waals surface area contributed by atoms with Gasteiger partial charge in [0.1, 0.15) is 12.1 Å². The van der Waals surface area contributed by atoms with E-state index in [1.54, 1.807) is 0 Å². The Balaban J connectivity index is 1.83. The van der Waals surface area contributed by atoms with E-state index in [-0.39, 0.29) is 18.0 Å². The molecule has 0 radical (unpaired) electrons. The fourth-order valence-electron chi connectivity index (χ4n) is 3.09. The molecule has 0 spiro atoms. The zero-order valence-electron chi connectivity index (χ0n) is 13.6. The third-order valence-electron chi connectivity index (χ3n) is 4.43. The molecule has 3 rings (SSSR count). The lowest BCUT2D eigenvalue weighted by Gasteiger charge is -2.38. The van der Waals surface area contributed by atoms with Crippen LogP contribution in [0.5, 0.6) is 0 Å². The highest BCUT2D eigenvalue weighted by Gasteiger charge is 2.32. The van der Waals surface area contributed by atoms with Crippen molar-refractivity contribution in [2.45, 2.75) is 45.3 Å². The van der Waals surface area contributed by atoms with Crippen molar-refractivity contribution < 1.29 is 4.79 Å². The number of nitrogen functional groups attached to an aromatic ring is 1. The van der Waals surface area contributed by atoms with Gasteiger partial charge in [-0.2, -0.15) is 0 Å². The molecule has 122 valence electrons. The summed E-state index contributed by atoms with van der Waals surface area (Å²) in [6.07, 6.45) is 3.35. The minimum absolute atomic E-state index is 0.0605. The number of anilines is 1. The quantitative estimate of drug-likeness (QED) is 0.897. The SMILES string of the molecule is CCC[C@@H]1NC[C@H](C)N(Cc2ccc3c(N)ncnc3c2)C1=O. The average molecular weight is 313 g/mol. The van der Waals surface area contributed by atoms with Crippen molar-refractivity contribution in [1.29, 1.82) is 0 Å². The van der Waals surface area contributed by atoms with Gasteiger partial charge in [-0.1, -0.05) is 19.4 Å². The number of hydrogen-bond acceptors (Lipinski definition) is 5. The first-order chi connectivity index (χ1) is 11.1. The molecule has 1 saturated heterocycles. The summed E-state index contributed by atoms with van der Waals surface area (Å²) in [7, 11) is 0. The smallest absolute Gasteiger partial charge is 0.240 e. The van der Waals surface area contributed by atoms with Gasteiger partial charge in [-0.3, -0.25) is 4.79 Å². The lowest BCUT2D eigenvalue weighted by molar-refractivity contribution is -0.139. The summed E-state index contributed by atoms with van der Waals surface area (Å²) in [4.78, 5) is 22.9. The monoisotopic (exact) mass is 313 g/mol. The van der Waals surface area contributed by atoms with Crippen molar-refractivity contribution in [3.05, 3.63) is 30.1 Å². The molecule has 0 unspecified atom stereocenters. The largest absolute Gasteiger partial charge is 0.383 e. The van der Waals surface area contributed by atoms with Crippen LogP contribution in [0.4, 0.5) is 5.82 Å². The molecule has 6 nitrogen and oxygen atoms in total. The standard InChI is InChI=1S/C17H23N5O/c1-3-4-14-17(23)22(11(2)8-19-14)9-12-5-6-13-15(7-12)20-10-21-16(13)18/h5-7,10-11,14,19H,3-4,8-9H2,1-2H3,(H2,18,20,21)/t11-,14-/m0/s1. The van der Waals surface area contributed by atoms with Crippen LogP contribution in [-0.4, -0.2) is 39.4 Å². The van der Waals surface area contributed by atoms with Gasteiger partial charge in [-0.05, 0) is 31.0 Å². The summed E-state index contributed by atoms with van der Waals surface area (Å²) >= 11 is 0. The second-order valence-electron chi connectivity index (χ2n) is 6.18. The lowest BCUT2D eigenvalue weighted by Crippen LogP contribution is -2.58. The van der Waals surface area contributed by atoms with Crippen LogP contribution < -0.4 is 11.1 Å². The maximum absolute atomic E-state index is 12.7. The molecule has 3 N–H and O–H groups in total. The van der Waals surface area contributed by atoms with Crippen LogP contribution in [0.3, 0.4) is 0 Å². The summed E-state index contributed by atoms with van der Waals surface area (Å²) in [6, 6.07) is 6.04. The topological polar surface area (TPSA) is 84.1 Å². The van der Waals surface area contributed by atoms with Crippen molar-refractivity contribution in [3.8, 4) is 0 Å². The van der Waals surface area contributed by atoms with E-state index in [9.17, 15) is 4.79 Å². The highest BCUT2D eigenvalue weighted by Crippen LogP contribution is 2.21. The van der Waals surface area contributed by atoms with Crippen LogP contribution in [0.2, 0.25) is 0 Å². The van der Waals surface area contributed by atoms with Gasteiger partial charge in [0.25, 0.3) is 0 Å². The van der Waals surface area contributed by atoms with Gasteiger partial charge in [-0.15, -0.1) is 0 Å². The number of hydrogen-bond donors (Lipinski definition) is 2. The average Bonchev–Trinajstić information content (AvgIpc) is 2.54. The summed E-state index contributed by atoms with van der Waals surface area (Å²) < 4.78 is 0. The second-order valence-corrected chi connectivity index (χ2v) is 6.18. The van der Waals surface area contributed by atoms with E-state index >= 15 is 0 Å². The van der Waals surface area contributed by atoms with Crippen molar-refractivity contribution in [2.24, 2.45) is 0 Å². The van der Waals surface area contributed by atoms with Crippen LogP contribution in [0, 0.1) is 0 Å². The molecular formula is C17H23N5O. The molecule has 1 aliphatic rings. The lowest BCUT2D eigenvalue weighted by atomic mass is 10.0. The summed E-state index contributed by atoms with van der Waals surface area (Å²) in [5.74, 6) is 0.670. The van der Waals surface area contributed by atoms with Gasteiger partial charge in [0.05, 0.1) is 11.6 Å². The maximum atomic E-state index is 12.7. The van der Waals surface area contributed by atoms with Crippen LogP contribution in [0.1, 0.15) is 32.3 Å². The highest BCUT2D eigenvalue weighted by atomic mass is 16.2. The number of carbonyl (C=O) groups excluding carboxylic acids is 1. The first-order valence-corrected chi connectivity index (χ1v) is 8.13. The minimum Gasteiger partial charge on any atom is -0.383 e. The predicted octanol–water partition coefficient (Wildman–Crippen LogP) is 1.70. The molecule has 0 saturated carbocycles. The van der Waals surface area contributed by atoms with Crippen LogP contribution in [0.15, 0.2) is 24.5 Å². The van der Waals surface area contributed by atoms with E-state index in [0.29, 0.717) is 12.4 Å². The number of amides is 1. The number of rotatable bonds is 4. The van der Waals surface area contributed by atoms with E-state index in [1.807, 2.05) is 23.1 Å². The van der Waals surface area contributed by atoms with Crippen LogP contribution in [-0.2, 0) is 11.3 Å². The minimum atomic E-state index is -0.0605. The Kier molecular flexibility index (Phi) is 4.43. The number of benzene rings is 1. The zero-order chi connectivity index (χ0) is 16.4. The van der Waals surface area contributed by atoms with E-state index in [4.69, 9.17) is 5.73 Å². The van der Waals surface area contributed by atoms with Gasteiger partial charge in [0.2, 0.25) is 5.91 Å². The van der Waals surface area contributed by atoms with E-state index in [2.05, 4.69) is 29.1 Å². The fraction of sp³-hybridized carbons (Fsp3) is 0.471. The number of carbonyl (C=O) groups is 1. The Morgan fingerprint density at radius 1 is 1.39 bits per heavy atom. The molecule has 1 aromatic carbocycles. The molecule has 2 atom stereocenters. The number of aromatic nitrogens is 2. The van der Waals surface area contributed by atoms with E-state index < -0.39 is 0 Å². The molecule has 6 heteroatoms. The first kappa shape index (κ1) is 15.7. The molecule has 1 amide bonds. The van der Waals surface area contributed by atoms with Gasteiger partial charge >= 0.3 is 0 Å². The van der Waals surface area contributed by atoms with Gasteiger partial charge < -0.3 is 16.0 Å². The molecule has 0 aliphatic carbocycles. The Morgan fingerprint density at radius 3 is 3.00 bits per heavy atom. The van der Waals surface area contributed by atoms with E-state index in [0.717, 1.165) is 35.9 Å². The van der Waals surface area contributed by atoms with Gasteiger partial charge in [-0.25, -0.2) is 9.97 Å². The fourth-order valence-corrected chi connectivity index (χ4v) is 3.09. The first-order valence-electron chi connectivity index (χ1n) is 8.13. The van der Waals surface area contributed by atoms with Gasteiger partial charge in [0, 0.05) is 24.5 Å². The molecule has 0 bridgehead atoms. The molecular weight excluding hydrogens is 290 g/mol. The van der Waals surface area contributed by atoms with Crippen molar-refractivity contribution >= 4 is 22.6 Å². The van der Waals surface area contributed by atoms with Crippen molar-refractivity contribution in [1.82, 2.24) is 20.2 Å². The Hall–Kier alpha value is -2.21. The predicted molar refractivity (Wildman–Crippen MR) is 90.7 cm³/mol. The molecule has 2 heterocycles. The Morgan fingerprint density at radius 2 is 2.22 bits per heavy atom. The second kappa shape index (κ2) is 6.50. The number of nitrogens with two attached hydrogens (primary N) is 1. The molecule has 23 heavy (non-hydrogen) atoms. The number of nitrogens with one attached hydrogen (secondary N) is 1. The van der Waals surface area contributed by atoms with Crippen molar-refractivity contribution in [2.75, 3.05) is 12.3 Å². The molecule has 1 fully saturated rings. The third kappa shape index (κ3) is 3.12. The summed E-state index contributed by atoms with van der Waals surface area (Å²) in [5.41, 5.74) is 7.74. The summed E-state index contributed by atoms with van der Waals surface area (Å²) in [6.45, 7) is 5.61. The highest BCUT2D eigenvalue weighted by molar-refractivity contribution is 5.88. The van der Waals surface area contributed by atoms with E-state index in [1.165, 1.54) is 6.33 Å². The molecule has 1 aromatic heterocycles. The van der Waals surface area contributed by atoms with Crippen LogP contribution in [0.25, 0.3) is 10.9 Å². The third-order valence-corrected chi connectivity index (χ3v) is 4.43. The van der Waals surface area contributed by atoms with Gasteiger partial charge in [0.15, 0.2) is 0 Å². The molecule has 2 aromatic rings. The normalized spacial score (nSPS) is 21.8.